The van der Waals surface area contributed by atoms with E-state index in [9.17, 15) is 93.3 Å². The second kappa shape index (κ2) is 35.1. The summed E-state index contributed by atoms with van der Waals surface area (Å²) in [5.74, 6) is -14.6. The van der Waals surface area contributed by atoms with Gasteiger partial charge in [0.25, 0.3) is 0 Å². The number of aliphatic hydroxyl groups is 6. The molecule has 4 aromatic rings. The van der Waals surface area contributed by atoms with Gasteiger partial charge >= 0.3 is 0 Å². The second-order valence-corrected chi connectivity index (χ2v) is 22.1. The van der Waals surface area contributed by atoms with Crippen molar-refractivity contribution in [1.82, 2.24) is 68.8 Å². The number of amides is 12. The molecule has 3 aromatic carbocycles. The molecule has 20 N–H and O–H groups in total. The van der Waals surface area contributed by atoms with E-state index in [1.165, 1.54) is 30.5 Å². The smallest absolute Gasteiger partial charge is 0.245 e. The van der Waals surface area contributed by atoms with Crippen LogP contribution in [0.2, 0.25) is 0 Å². The van der Waals surface area contributed by atoms with Gasteiger partial charge in [-0.25, -0.2) is 0 Å². The van der Waals surface area contributed by atoms with E-state index in [0.29, 0.717) is 27.6 Å². The molecule has 2 heterocycles. The van der Waals surface area contributed by atoms with Crippen LogP contribution in [0.3, 0.4) is 0 Å². The van der Waals surface area contributed by atoms with Gasteiger partial charge in [0, 0.05) is 36.4 Å². The van der Waals surface area contributed by atoms with Crippen LogP contribution in [0.1, 0.15) is 57.7 Å². The van der Waals surface area contributed by atoms with Crippen LogP contribution in [0.5, 0.6) is 5.75 Å². The Labute approximate surface area is 527 Å². The standard InChI is InChI=1S/C60H81N13O19/c1-6-29(2)47-58(90)69-43(26-75)55(87)65-41(22-35-23-61-38-15-11-10-14-37(35)38)53(85)72-49(32(5)79)60(92)70-44(27-76)56(88)68-42(25-74)54(86)63-30(3)50(82)62-24-46(81)64-39(20-33-12-8-7-9-13-33)51(83)67-45(28-77)57(89)73-48(31(4)78)59(91)66-40(52(84)71-47)21-34-16-18-36(80)19-17-34/h7-19,23,29-32,39-45,47-49,61,74-80H,6,20-22,24-28H2,1-5H3,(H,62,82)(H,63,86)(H,64,81)(H,65,87)(H,66,91)(H,67,83)(H,68,88)(H,69,90)(H,70,92)(H,71,84)(H,72,85)(H,73,89)/t29-,30-,31+,32+,39-,40-,41-,42-,43-,44-,45-,47-,48-,49+/m0/s1. The molecule has 0 bridgehead atoms. The number of carbonyl (C=O) groups excluding carboxylic acids is 12. The second-order valence-electron chi connectivity index (χ2n) is 22.1. The molecule has 14 atom stereocenters. The summed E-state index contributed by atoms with van der Waals surface area (Å²) in [5, 5.41) is 102. The minimum absolute atomic E-state index is 0.165. The quantitative estimate of drug-likeness (QED) is 0.0558. The first-order valence-electron chi connectivity index (χ1n) is 29.5. The van der Waals surface area contributed by atoms with Gasteiger partial charge in [-0.1, -0.05) is 80.9 Å². The lowest BCUT2D eigenvalue weighted by molar-refractivity contribution is -0.138. The maximum Gasteiger partial charge on any atom is 0.245 e. The lowest BCUT2D eigenvalue weighted by atomic mass is 9.96. The van der Waals surface area contributed by atoms with E-state index >= 15 is 0 Å². The molecular formula is C60H81N13O19. The molecule has 0 saturated carbocycles. The number of carbonyl (C=O) groups is 12. The number of fused-ring (bicyclic) bond motifs is 1. The zero-order chi connectivity index (χ0) is 67.9. The summed E-state index contributed by atoms with van der Waals surface area (Å²) in [6, 6.07) is 0.911. The van der Waals surface area contributed by atoms with E-state index < -0.39 is 188 Å². The number of hydrogen-bond donors (Lipinski definition) is 20. The molecule has 500 valence electrons. The average Bonchev–Trinajstić information content (AvgIpc) is 1.93. The van der Waals surface area contributed by atoms with Crippen LogP contribution in [0.25, 0.3) is 10.9 Å². The van der Waals surface area contributed by atoms with E-state index in [1.54, 1.807) is 68.4 Å². The van der Waals surface area contributed by atoms with Crippen molar-refractivity contribution >= 4 is 81.8 Å². The highest BCUT2D eigenvalue weighted by Crippen LogP contribution is 2.20. The molecule has 32 nitrogen and oxygen atoms in total. The van der Waals surface area contributed by atoms with Gasteiger partial charge in [-0.2, -0.15) is 0 Å². The Morgan fingerprint density at radius 2 is 0.804 bits per heavy atom. The maximum absolute atomic E-state index is 14.6. The zero-order valence-corrected chi connectivity index (χ0v) is 51.1. The van der Waals surface area contributed by atoms with Crippen molar-refractivity contribution < 1.29 is 93.3 Å². The number of nitrogens with one attached hydrogen (secondary N) is 13. The van der Waals surface area contributed by atoms with Gasteiger partial charge in [-0.05, 0) is 61.6 Å². The Morgan fingerprint density at radius 1 is 0.424 bits per heavy atom. The Kier molecular flexibility index (Phi) is 27.9. The van der Waals surface area contributed by atoms with Gasteiger partial charge in [0.15, 0.2) is 0 Å². The minimum Gasteiger partial charge on any atom is -0.508 e. The van der Waals surface area contributed by atoms with E-state index in [0.717, 1.165) is 20.8 Å². The van der Waals surface area contributed by atoms with Gasteiger partial charge in [-0.3, -0.25) is 57.5 Å². The molecule has 12 amide bonds. The van der Waals surface area contributed by atoms with Crippen molar-refractivity contribution in [2.45, 2.75) is 139 Å². The molecule has 1 aliphatic heterocycles. The summed E-state index contributed by atoms with van der Waals surface area (Å²) in [6.45, 7) is 1.19. The number of hydrogen-bond acceptors (Lipinski definition) is 19. The maximum atomic E-state index is 14.6. The minimum atomic E-state index is -1.96. The highest BCUT2D eigenvalue weighted by molar-refractivity contribution is 6.00. The number of aliphatic hydroxyl groups excluding tert-OH is 6. The molecular weight excluding hydrogens is 1210 g/mol. The Morgan fingerprint density at radius 3 is 1.30 bits per heavy atom. The predicted octanol–water partition coefficient (Wildman–Crippen LogP) is -6.84. The molecule has 1 aliphatic rings. The summed E-state index contributed by atoms with van der Waals surface area (Å²) in [7, 11) is 0. The van der Waals surface area contributed by atoms with Crippen LogP contribution in [-0.2, 0) is 76.8 Å². The number of H-pyrrole nitrogens is 1. The highest BCUT2D eigenvalue weighted by atomic mass is 16.3. The highest BCUT2D eigenvalue weighted by Gasteiger charge is 2.39. The normalized spacial score (nSPS) is 25.9. The van der Waals surface area contributed by atoms with Crippen molar-refractivity contribution in [3.8, 4) is 5.75 Å². The average molecular weight is 1290 g/mol. The van der Waals surface area contributed by atoms with E-state index in [1.807, 2.05) is 0 Å². The van der Waals surface area contributed by atoms with Crippen molar-refractivity contribution in [3.63, 3.8) is 0 Å². The Balaban J connectivity index is 1.53. The molecule has 1 saturated heterocycles. The number of para-hydroxylation sites is 1. The lowest BCUT2D eigenvalue weighted by Crippen LogP contribution is -2.64. The fourth-order valence-corrected chi connectivity index (χ4v) is 9.46. The first-order valence-corrected chi connectivity index (χ1v) is 29.5. The fourth-order valence-electron chi connectivity index (χ4n) is 9.46. The van der Waals surface area contributed by atoms with Gasteiger partial charge in [-0.15, -0.1) is 0 Å². The lowest BCUT2D eigenvalue weighted by Gasteiger charge is -2.30. The Hall–Kier alpha value is -9.60. The molecule has 0 aliphatic carbocycles. The first kappa shape index (κ1) is 73.1. The van der Waals surface area contributed by atoms with Crippen LogP contribution in [0.4, 0.5) is 0 Å². The van der Waals surface area contributed by atoms with E-state index in [2.05, 4.69) is 68.8 Å². The summed E-state index contributed by atoms with van der Waals surface area (Å²) >= 11 is 0. The molecule has 0 unspecified atom stereocenters. The summed E-state index contributed by atoms with van der Waals surface area (Å²) in [5.41, 5.74) is 1.85. The van der Waals surface area contributed by atoms with Crippen LogP contribution in [0.15, 0.2) is 85.1 Å². The van der Waals surface area contributed by atoms with Crippen LogP contribution < -0.4 is 63.8 Å². The van der Waals surface area contributed by atoms with Crippen molar-refractivity contribution in [2.24, 2.45) is 5.92 Å². The van der Waals surface area contributed by atoms with Crippen molar-refractivity contribution in [1.29, 1.82) is 0 Å². The third-order valence-corrected chi connectivity index (χ3v) is 15.0. The number of aromatic amines is 1. The molecule has 0 radical (unpaired) electrons. The van der Waals surface area contributed by atoms with Crippen LogP contribution in [-0.4, -0.2) is 223 Å². The number of phenols is 1. The third-order valence-electron chi connectivity index (χ3n) is 15.0. The van der Waals surface area contributed by atoms with E-state index in [-0.39, 0.29) is 31.4 Å². The molecule has 1 fully saturated rings. The fraction of sp³-hybridized carbons (Fsp3) is 0.467. The monoisotopic (exact) mass is 1290 g/mol. The predicted molar refractivity (Wildman–Crippen MR) is 325 cm³/mol. The van der Waals surface area contributed by atoms with Crippen molar-refractivity contribution in [3.05, 3.63) is 102 Å². The van der Waals surface area contributed by atoms with Gasteiger partial charge in [0.2, 0.25) is 70.9 Å². The first-order chi connectivity index (χ1) is 43.7. The number of phenolic OH excluding ortho intramolecular Hbond substituents is 1. The molecule has 5 rings (SSSR count). The van der Waals surface area contributed by atoms with Gasteiger partial charge in [0.1, 0.15) is 72.2 Å². The van der Waals surface area contributed by atoms with Crippen LogP contribution in [0, 0.1) is 5.92 Å². The number of aromatic nitrogens is 1. The number of benzene rings is 3. The van der Waals surface area contributed by atoms with Crippen LogP contribution >= 0.6 is 0 Å². The molecule has 32 heteroatoms. The van der Waals surface area contributed by atoms with E-state index in [4.69, 9.17) is 0 Å². The van der Waals surface area contributed by atoms with Gasteiger partial charge < -0.3 is 105 Å². The zero-order valence-electron chi connectivity index (χ0n) is 51.1. The third kappa shape index (κ3) is 21.0. The molecule has 1 aromatic heterocycles. The van der Waals surface area contributed by atoms with Crippen molar-refractivity contribution in [2.75, 3.05) is 33.0 Å². The Bertz CT molecular complexity index is 3240. The molecule has 0 spiro atoms. The number of aromatic hydroxyl groups is 1. The van der Waals surface area contributed by atoms with Gasteiger partial charge in [0.05, 0.1) is 45.2 Å². The SMILES string of the molecule is CC[C@H](C)[C@@H]1NC(=O)[C@H](Cc2ccc(O)cc2)NC(=O)[C@H]([C@@H](C)O)NC(=O)[C@H](CO)NC(=O)[C@H](Cc2ccccc2)NC(=O)CNC(=O)[C@H](C)NC(=O)[C@H](CO)NC(=O)[C@H](CO)NC(=O)[C@@H]([C@@H](C)O)NC(=O)[C@H](Cc2c[nH]c3ccccc23)NC(=O)[C@H](CO)NC1=O. The summed E-state index contributed by atoms with van der Waals surface area (Å²) in [6.07, 6.45) is -2.76. The number of rotatable bonds is 14. The summed E-state index contributed by atoms with van der Waals surface area (Å²) < 4.78 is 0. The molecule has 92 heavy (non-hydrogen) atoms. The topological polar surface area (TPSA) is 507 Å². The summed E-state index contributed by atoms with van der Waals surface area (Å²) in [4.78, 5) is 170. The largest absolute Gasteiger partial charge is 0.508 e.